The average Bonchev–Trinajstić information content (AvgIpc) is 3.27. The molecule has 1 saturated carbocycles. The number of urea groups is 1. The average molecular weight is 446 g/mol. The highest BCUT2D eigenvalue weighted by Gasteiger charge is 2.51. The van der Waals surface area contributed by atoms with Gasteiger partial charge < -0.3 is 15.2 Å². The summed E-state index contributed by atoms with van der Waals surface area (Å²) >= 11 is 0. The minimum atomic E-state index is -0.753. The number of benzene rings is 2. The Kier molecular flexibility index (Phi) is 5.36. The largest absolute Gasteiger partial charge is 0.327 e. The van der Waals surface area contributed by atoms with E-state index in [-0.39, 0.29) is 30.8 Å². The van der Waals surface area contributed by atoms with Crippen molar-refractivity contribution in [3.63, 3.8) is 0 Å². The van der Waals surface area contributed by atoms with Crippen LogP contribution in [0.2, 0.25) is 0 Å². The molecule has 2 heterocycles. The van der Waals surface area contributed by atoms with Crippen LogP contribution in [0.5, 0.6) is 0 Å². The Morgan fingerprint density at radius 1 is 1.06 bits per heavy atom. The minimum absolute atomic E-state index is 0.0573. The number of rotatable bonds is 5. The van der Waals surface area contributed by atoms with Crippen LogP contribution in [0.1, 0.15) is 38.5 Å². The molecule has 2 aromatic carbocycles. The zero-order valence-corrected chi connectivity index (χ0v) is 18.6. The van der Waals surface area contributed by atoms with Gasteiger partial charge in [0.15, 0.2) is 0 Å². The molecule has 33 heavy (non-hydrogen) atoms. The van der Waals surface area contributed by atoms with Crippen molar-refractivity contribution in [3.8, 4) is 11.4 Å². The highest BCUT2D eigenvalue weighted by Crippen LogP contribution is 2.33. The van der Waals surface area contributed by atoms with Gasteiger partial charge in [-0.2, -0.15) is 0 Å². The van der Waals surface area contributed by atoms with Crippen LogP contribution < -0.4 is 10.6 Å². The quantitative estimate of drug-likeness (QED) is 0.584. The van der Waals surface area contributed by atoms with Gasteiger partial charge >= 0.3 is 6.03 Å². The van der Waals surface area contributed by atoms with E-state index in [0.717, 1.165) is 41.7 Å². The molecule has 1 saturated heterocycles. The molecule has 4 amide bonds. The lowest BCUT2D eigenvalue weighted by atomic mass is 9.82. The first-order valence-corrected chi connectivity index (χ1v) is 11.4. The van der Waals surface area contributed by atoms with Crippen LogP contribution in [-0.4, -0.2) is 44.4 Å². The molecule has 1 spiro atoms. The maximum Gasteiger partial charge on any atom is 0.325 e. The summed E-state index contributed by atoms with van der Waals surface area (Å²) in [6.45, 7) is 0.0796. The molecule has 1 aromatic heterocycles. The van der Waals surface area contributed by atoms with Crippen LogP contribution in [0, 0.1) is 0 Å². The number of imide groups is 1. The summed E-state index contributed by atoms with van der Waals surface area (Å²) in [6.07, 6.45) is 4.37. The molecule has 0 unspecified atom stereocenters. The lowest BCUT2D eigenvalue weighted by Gasteiger charge is -2.30. The normalized spacial score (nSPS) is 17.5. The summed E-state index contributed by atoms with van der Waals surface area (Å²) in [5, 5.41) is 5.73. The summed E-state index contributed by atoms with van der Waals surface area (Å²) in [6, 6.07) is 15.1. The Balaban J connectivity index is 1.20. The first-order chi connectivity index (χ1) is 16.0. The van der Waals surface area contributed by atoms with Crippen molar-refractivity contribution in [2.24, 2.45) is 7.05 Å². The van der Waals surface area contributed by atoms with Gasteiger partial charge in [-0.3, -0.25) is 14.5 Å². The highest BCUT2D eigenvalue weighted by atomic mass is 16.2. The highest BCUT2D eigenvalue weighted by molar-refractivity contribution is 6.07. The topological polar surface area (TPSA) is 96.3 Å². The molecule has 3 aromatic rings. The number of nitrogens with one attached hydrogen (secondary N) is 2. The fourth-order valence-electron chi connectivity index (χ4n) is 4.92. The van der Waals surface area contributed by atoms with Gasteiger partial charge in [0.25, 0.3) is 5.91 Å². The number of carbonyl (C=O) groups is 3. The van der Waals surface area contributed by atoms with Crippen LogP contribution in [0.3, 0.4) is 0 Å². The number of para-hydroxylation sites is 2. The molecule has 2 N–H and O–H groups in total. The number of carbonyl (C=O) groups excluding carboxylic acids is 3. The van der Waals surface area contributed by atoms with Crippen molar-refractivity contribution in [1.29, 1.82) is 0 Å². The van der Waals surface area contributed by atoms with Crippen LogP contribution in [0.15, 0.2) is 48.5 Å². The second kappa shape index (κ2) is 8.35. The van der Waals surface area contributed by atoms with Gasteiger partial charge in [-0.15, -0.1) is 0 Å². The molecule has 5 rings (SSSR count). The standard InChI is InChI=1S/C25H27N5O3/c1-29-20-8-4-3-7-19(20)27-22(29)17-9-11-18(12-10-17)26-21(31)13-16-30-23(32)25(28-24(30)33)14-5-2-6-15-25/h3-4,7-12H,2,5-6,13-16H2,1H3,(H,26,31)(H,28,33). The van der Waals surface area contributed by atoms with E-state index in [9.17, 15) is 14.4 Å². The van der Waals surface area contributed by atoms with E-state index in [1.807, 2.05) is 60.1 Å². The number of anilines is 1. The van der Waals surface area contributed by atoms with Crippen LogP contribution in [0.25, 0.3) is 22.4 Å². The van der Waals surface area contributed by atoms with Crippen molar-refractivity contribution in [3.05, 3.63) is 48.5 Å². The van der Waals surface area contributed by atoms with Gasteiger partial charge in [0.05, 0.1) is 11.0 Å². The van der Waals surface area contributed by atoms with Crippen molar-refractivity contribution in [2.45, 2.75) is 44.1 Å². The molecule has 1 aliphatic carbocycles. The zero-order chi connectivity index (χ0) is 23.0. The third-order valence-electron chi connectivity index (χ3n) is 6.73. The predicted octanol–water partition coefficient (Wildman–Crippen LogP) is 3.82. The molecule has 2 fully saturated rings. The lowest BCUT2D eigenvalue weighted by Crippen LogP contribution is -2.48. The van der Waals surface area contributed by atoms with Gasteiger partial charge in [0.1, 0.15) is 11.4 Å². The van der Waals surface area contributed by atoms with Crippen molar-refractivity contribution in [1.82, 2.24) is 19.8 Å². The summed E-state index contributed by atoms with van der Waals surface area (Å²) in [7, 11) is 1.98. The van der Waals surface area contributed by atoms with Gasteiger partial charge in [-0.1, -0.05) is 31.4 Å². The predicted molar refractivity (Wildman–Crippen MR) is 125 cm³/mol. The van der Waals surface area contributed by atoms with E-state index in [1.54, 1.807) is 0 Å². The molecular formula is C25H27N5O3. The SMILES string of the molecule is Cn1c(-c2ccc(NC(=O)CCN3C(=O)NC4(CCCCC4)C3=O)cc2)nc2ccccc21. The summed E-state index contributed by atoms with van der Waals surface area (Å²) in [5.74, 6) is 0.423. The molecule has 8 nitrogen and oxygen atoms in total. The van der Waals surface area contributed by atoms with Gasteiger partial charge in [-0.05, 0) is 49.2 Å². The Labute approximate surface area is 192 Å². The van der Waals surface area contributed by atoms with Crippen molar-refractivity contribution < 1.29 is 14.4 Å². The molecule has 0 atom stereocenters. The van der Waals surface area contributed by atoms with Gasteiger partial charge in [0, 0.05) is 31.3 Å². The summed E-state index contributed by atoms with van der Waals surface area (Å²) in [4.78, 5) is 43.5. The van der Waals surface area contributed by atoms with Crippen LogP contribution in [-0.2, 0) is 16.6 Å². The Morgan fingerprint density at radius 3 is 2.52 bits per heavy atom. The molecule has 8 heteroatoms. The maximum absolute atomic E-state index is 12.8. The lowest BCUT2D eigenvalue weighted by molar-refractivity contribution is -0.132. The number of hydrogen-bond donors (Lipinski definition) is 2. The van der Waals surface area contributed by atoms with E-state index < -0.39 is 5.54 Å². The molecular weight excluding hydrogens is 418 g/mol. The number of aromatic nitrogens is 2. The zero-order valence-electron chi connectivity index (χ0n) is 18.6. The van der Waals surface area contributed by atoms with E-state index >= 15 is 0 Å². The number of nitrogens with zero attached hydrogens (tertiary/aromatic N) is 3. The van der Waals surface area contributed by atoms with E-state index in [0.29, 0.717) is 18.5 Å². The number of fused-ring (bicyclic) bond motifs is 1. The number of aryl methyl sites for hydroxylation is 1. The van der Waals surface area contributed by atoms with E-state index in [2.05, 4.69) is 10.6 Å². The Hall–Kier alpha value is -3.68. The van der Waals surface area contributed by atoms with Crippen molar-refractivity contribution >= 4 is 34.6 Å². The minimum Gasteiger partial charge on any atom is -0.327 e. The summed E-state index contributed by atoms with van der Waals surface area (Å²) < 4.78 is 2.04. The number of hydrogen-bond acceptors (Lipinski definition) is 4. The smallest absolute Gasteiger partial charge is 0.325 e. The maximum atomic E-state index is 12.8. The third kappa shape index (κ3) is 3.86. The fourth-order valence-corrected chi connectivity index (χ4v) is 4.92. The van der Waals surface area contributed by atoms with Gasteiger partial charge in [0.2, 0.25) is 5.91 Å². The second-order valence-electron chi connectivity index (χ2n) is 8.89. The summed E-state index contributed by atoms with van der Waals surface area (Å²) in [5.41, 5.74) is 2.84. The van der Waals surface area contributed by atoms with E-state index in [1.165, 1.54) is 4.90 Å². The fraction of sp³-hybridized carbons (Fsp3) is 0.360. The Morgan fingerprint density at radius 2 is 1.79 bits per heavy atom. The number of imidazole rings is 1. The first-order valence-electron chi connectivity index (χ1n) is 11.4. The van der Waals surface area contributed by atoms with Crippen molar-refractivity contribution in [2.75, 3.05) is 11.9 Å². The van der Waals surface area contributed by atoms with Gasteiger partial charge in [-0.25, -0.2) is 9.78 Å². The first kappa shape index (κ1) is 21.2. The molecule has 1 aliphatic heterocycles. The monoisotopic (exact) mass is 445 g/mol. The van der Waals surface area contributed by atoms with Crippen LogP contribution >= 0.6 is 0 Å². The molecule has 0 bridgehead atoms. The molecule has 170 valence electrons. The van der Waals surface area contributed by atoms with E-state index in [4.69, 9.17) is 4.98 Å². The van der Waals surface area contributed by atoms with Crippen LogP contribution in [0.4, 0.5) is 10.5 Å². The molecule has 0 radical (unpaired) electrons. The molecule has 2 aliphatic rings. The third-order valence-corrected chi connectivity index (χ3v) is 6.73. The second-order valence-corrected chi connectivity index (χ2v) is 8.89. The number of amides is 4. The Bertz CT molecular complexity index is 1220.